The maximum absolute atomic E-state index is 12.1. The number of anilines is 1. The highest BCUT2D eigenvalue weighted by molar-refractivity contribution is 14.1. The first-order valence-corrected chi connectivity index (χ1v) is 8.69. The molecule has 0 radical (unpaired) electrons. The molecule has 0 saturated heterocycles. The summed E-state index contributed by atoms with van der Waals surface area (Å²) in [6, 6.07) is 9.79. The van der Waals surface area contributed by atoms with Crippen molar-refractivity contribution in [2.24, 2.45) is 0 Å². The van der Waals surface area contributed by atoms with Gasteiger partial charge in [0.15, 0.2) is 23.9 Å². The van der Waals surface area contributed by atoms with Crippen molar-refractivity contribution in [3.8, 4) is 11.5 Å². The highest BCUT2D eigenvalue weighted by atomic mass is 127. The highest BCUT2D eigenvalue weighted by Crippen LogP contribution is 2.37. The van der Waals surface area contributed by atoms with E-state index in [1.54, 1.807) is 24.3 Å². The van der Waals surface area contributed by atoms with Crippen LogP contribution in [0.3, 0.4) is 0 Å². The lowest BCUT2D eigenvalue weighted by atomic mass is 10.1. The normalized spacial score (nSPS) is 11.8. The summed E-state index contributed by atoms with van der Waals surface area (Å²) in [5, 5.41) is 2.56. The SMILES string of the molecule is CC(=O)c1cc2c(cc1NC(=O)COC(=O)c1ccc(I)cc1)OCO2. The number of ketones is 1. The number of nitrogens with one attached hydrogen (secondary N) is 1. The summed E-state index contributed by atoms with van der Waals surface area (Å²) >= 11 is 2.12. The number of carbonyl (C=O) groups excluding carboxylic acids is 3. The van der Waals surface area contributed by atoms with E-state index in [9.17, 15) is 14.4 Å². The first-order chi connectivity index (χ1) is 12.4. The molecule has 3 rings (SSSR count). The zero-order valence-corrected chi connectivity index (χ0v) is 15.9. The van der Waals surface area contributed by atoms with E-state index in [1.807, 2.05) is 0 Å². The Morgan fingerprint density at radius 3 is 2.42 bits per heavy atom. The Balaban J connectivity index is 1.65. The topological polar surface area (TPSA) is 90.9 Å². The lowest BCUT2D eigenvalue weighted by molar-refractivity contribution is -0.119. The maximum Gasteiger partial charge on any atom is 0.338 e. The van der Waals surface area contributed by atoms with Gasteiger partial charge < -0.3 is 19.5 Å². The second kappa shape index (κ2) is 7.73. The Kier molecular flexibility index (Phi) is 5.40. The van der Waals surface area contributed by atoms with Gasteiger partial charge in [-0.15, -0.1) is 0 Å². The molecular weight excluding hydrogens is 453 g/mol. The lowest BCUT2D eigenvalue weighted by Gasteiger charge is -2.11. The summed E-state index contributed by atoms with van der Waals surface area (Å²) in [5.74, 6) is -0.534. The number of esters is 1. The molecule has 0 aliphatic carbocycles. The van der Waals surface area contributed by atoms with Crippen LogP contribution >= 0.6 is 22.6 Å². The summed E-state index contributed by atoms with van der Waals surface area (Å²) in [7, 11) is 0. The van der Waals surface area contributed by atoms with Crippen molar-refractivity contribution in [3.63, 3.8) is 0 Å². The van der Waals surface area contributed by atoms with Gasteiger partial charge in [-0.1, -0.05) is 0 Å². The Bertz CT molecular complexity index is 878. The molecule has 0 spiro atoms. The standard InChI is InChI=1S/C18H14INO6/c1-10(21)13-6-15-16(26-9-25-15)7-14(13)20-17(22)8-24-18(23)11-2-4-12(19)5-3-11/h2-7H,8-9H2,1H3,(H,20,22). The zero-order valence-electron chi connectivity index (χ0n) is 13.7. The number of benzene rings is 2. The summed E-state index contributed by atoms with van der Waals surface area (Å²) < 4.78 is 16.5. The average Bonchev–Trinajstić information content (AvgIpc) is 3.06. The minimum absolute atomic E-state index is 0.0533. The number of carbonyl (C=O) groups is 3. The van der Waals surface area contributed by atoms with Crippen molar-refractivity contribution in [3.05, 3.63) is 51.1 Å². The fourth-order valence-electron chi connectivity index (χ4n) is 2.32. The van der Waals surface area contributed by atoms with Gasteiger partial charge in [-0.3, -0.25) is 9.59 Å². The molecule has 2 aromatic carbocycles. The second-order valence-corrected chi connectivity index (χ2v) is 6.68. The molecule has 1 aliphatic heterocycles. The molecule has 26 heavy (non-hydrogen) atoms. The van der Waals surface area contributed by atoms with Crippen LogP contribution in [0.1, 0.15) is 27.6 Å². The Hall–Kier alpha value is -2.62. The van der Waals surface area contributed by atoms with Crippen molar-refractivity contribution in [2.75, 3.05) is 18.7 Å². The van der Waals surface area contributed by atoms with E-state index >= 15 is 0 Å². The van der Waals surface area contributed by atoms with Crippen LogP contribution in [0, 0.1) is 3.57 Å². The van der Waals surface area contributed by atoms with Crippen molar-refractivity contribution in [1.29, 1.82) is 0 Å². The first kappa shape index (κ1) is 18.2. The number of ether oxygens (including phenoxy) is 3. The Morgan fingerprint density at radius 1 is 1.12 bits per heavy atom. The maximum atomic E-state index is 12.1. The van der Waals surface area contributed by atoms with Crippen molar-refractivity contribution < 1.29 is 28.6 Å². The highest BCUT2D eigenvalue weighted by Gasteiger charge is 2.20. The van der Waals surface area contributed by atoms with Crippen LogP contribution in [-0.2, 0) is 9.53 Å². The summed E-state index contributed by atoms with van der Waals surface area (Å²) in [6.45, 7) is 0.957. The number of Topliss-reactive ketones (excluding diaryl/α,β-unsaturated/α-hetero) is 1. The number of halogens is 1. The van der Waals surface area contributed by atoms with Gasteiger partial charge in [-0.05, 0) is 59.8 Å². The van der Waals surface area contributed by atoms with E-state index in [1.165, 1.54) is 19.1 Å². The molecule has 1 N–H and O–H groups in total. The smallest absolute Gasteiger partial charge is 0.338 e. The first-order valence-electron chi connectivity index (χ1n) is 7.61. The third kappa shape index (κ3) is 4.13. The predicted molar refractivity (Wildman–Crippen MR) is 101 cm³/mol. The fourth-order valence-corrected chi connectivity index (χ4v) is 2.68. The Labute approximate surface area is 162 Å². The summed E-state index contributed by atoms with van der Waals surface area (Å²) in [4.78, 5) is 35.8. The number of hydrogen-bond donors (Lipinski definition) is 1. The van der Waals surface area contributed by atoms with E-state index in [2.05, 4.69) is 27.9 Å². The van der Waals surface area contributed by atoms with Gasteiger partial charge >= 0.3 is 5.97 Å². The number of rotatable bonds is 5. The number of hydrogen-bond acceptors (Lipinski definition) is 6. The molecule has 134 valence electrons. The minimum Gasteiger partial charge on any atom is -0.454 e. The van der Waals surface area contributed by atoms with Gasteiger partial charge in [0.2, 0.25) is 6.79 Å². The molecule has 1 aliphatic rings. The van der Waals surface area contributed by atoms with Gasteiger partial charge in [-0.2, -0.15) is 0 Å². The van der Waals surface area contributed by atoms with Crippen LogP contribution in [-0.4, -0.2) is 31.1 Å². The monoisotopic (exact) mass is 467 g/mol. The third-order valence-corrected chi connectivity index (χ3v) is 4.30. The molecule has 0 unspecified atom stereocenters. The molecule has 8 heteroatoms. The quantitative estimate of drug-likeness (QED) is 0.413. The molecule has 1 heterocycles. The summed E-state index contributed by atoms with van der Waals surface area (Å²) in [6.07, 6.45) is 0. The number of fused-ring (bicyclic) bond motifs is 1. The van der Waals surface area contributed by atoms with E-state index in [0.717, 1.165) is 3.57 Å². The van der Waals surface area contributed by atoms with Crippen LogP contribution in [0.25, 0.3) is 0 Å². The largest absolute Gasteiger partial charge is 0.454 e. The van der Waals surface area contributed by atoms with E-state index < -0.39 is 18.5 Å². The van der Waals surface area contributed by atoms with Crippen LogP contribution in [0.2, 0.25) is 0 Å². The predicted octanol–water partition coefficient (Wildman–Crippen LogP) is 3.02. The summed E-state index contributed by atoms with van der Waals surface area (Å²) in [5.41, 5.74) is 0.911. The molecule has 0 saturated carbocycles. The van der Waals surface area contributed by atoms with Crippen LogP contribution in [0.4, 0.5) is 5.69 Å². The molecule has 0 fully saturated rings. The molecule has 0 bridgehead atoms. The average molecular weight is 467 g/mol. The van der Waals surface area contributed by atoms with Crippen LogP contribution in [0.15, 0.2) is 36.4 Å². The fraction of sp³-hybridized carbons (Fsp3) is 0.167. The van der Waals surface area contributed by atoms with Crippen molar-refractivity contribution in [2.45, 2.75) is 6.92 Å². The van der Waals surface area contributed by atoms with Gasteiger partial charge in [0.1, 0.15) is 0 Å². The van der Waals surface area contributed by atoms with Gasteiger partial charge in [0.05, 0.1) is 11.3 Å². The molecule has 0 aromatic heterocycles. The molecule has 7 nitrogen and oxygen atoms in total. The van der Waals surface area contributed by atoms with Crippen molar-refractivity contribution in [1.82, 2.24) is 0 Å². The van der Waals surface area contributed by atoms with Gasteiger partial charge in [0.25, 0.3) is 5.91 Å². The van der Waals surface area contributed by atoms with E-state index in [4.69, 9.17) is 14.2 Å². The lowest BCUT2D eigenvalue weighted by Crippen LogP contribution is -2.22. The van der Waals surface area contributed by atoms with Crippen LogP contribution < -0.4 is 14.8 Å². The molecular formula is C18H14INO6. The molecule has 0 atom stereocenters. The van der Waals surface area contributed by atoms with E-state index in [0.29, 0.717) is 17.1 Å². The van der Waals surface area contributed by atoms with Gasteiger partial charge in [-0.25, -0.2) is 4.79 Å². The third-order valence-electron chi connectivity index (χ3n) is 3.58. The Morgan fingerprint density at radius 2 is 1.77 bits per heavy atom. The zero-order chi connectivity index (χ0) is 18.7. The number of amides is 1. The van der Waals surface area contributed by atoms with Crippen LogP contribution in [0.5, 0.6) is 11.5 Å². The minimum atomic E-state index is -0.603. The second-order valence-electron chi connectivity index (χ2n) is 5.44. The molecule has 2 aromatic rings. The van der Waals surface area contributed by atoms with Crippen molar-refractivity contribution >= 4 is 45.9 Å². The van der Waals surface area contributed by atoms with E-state index in [-0.39, 0.29) is 23.8 Å². The van der Waals surface area contributed by atoms with Gasteiger partial charge in [0, 0.05) is 15.2 Å². The molecule has 1 amide bonds.